The van der Waals surface area contributed by atoms with E-state index in [9.17, 15) is 19.7 Å². The summed E-state index contributed by atoms with van der Waals surface area (Å²) in [6, 6.07) is 6.51. The number of anilines is 1. The number of furan rings is 1. The summed E-state index contributed by atoms with van der Waals surface area (Å²) in [7, 11) is 0. The first kappa shape index (κ1) is 22.8. The minimum Gasteiger partial charge on any atom is -0.461 e. The summed E-state index contributed by atoms with van der Waals surface area (Å²) in [6.07, 6.45) is 4.02. The summed E-state index contributed by atoms with van der Waals surface area (Å²) in [5.41, 5.74) is 1.36. The maximum absolute atomic E-state index is 13.2. The second-order valence-electron chi connectivity index (χ2n) is 8.66. The van der Waals surface area contributed by atoms with Crippen molar-refractivity contribution in [3.63, 3.8) is 0 Å². The number of nitrogens with one attached hydrogen (secondary N) is 1. The summed E-state index contributed by atoms with van der Waals surface area (Å²) < 4.78 is 5.57. The highest BCUT2D eigenvalue weighted by atomic mass is 16.6. The lowest BCUT2D eigenvalue weighted by Gasteiger charge is -2.25. The molecular formula is C23H29N5O5. The van der Waals surface area contributed by atoms with E-state index in [0.29, 0.717) is 18.7 Å². The Bertz CT molecular complexity index is 1070. The van der Waals surface area contributed by atoms with Crippen LogP contribution in [-0.2, 0) is 9.59 Å². The quantitative estimate of drug-likeness (QED) is 0.309. The number of benzene rings is 1. The molecular weight excluding hydrogens is 426 g/mol. The molecule has 2 saturated heterocycles. The van der Waals surface area contributed by atoms with Crippen LogP contribution in [0.25, 0.3) is 11.0 Å². The molecule has 4 rings (SSSR count). The maximum Gasteiger partial charge on any atom is 0.260 e. The zero-order valence-electron chi connectivity index (χ0n) is 18.8. The smallest absolute Gasteiger partial charge is 0.260 e. The lowest BCUT2D eigenvalue weighted by atomic mass is 10.1. The Morgan fingerprint density at radius 1 is 1.21 bits per heavy atom. The van der Waals surface area contributed by atoms with Gasteiger partial charge in [-0.2, -0.15) is 0 Å². The average Bonchev–Trinajstić information content (AvgIpc) is 3.39. The van der Waals surface area contributed by atoms with Crippen LogP contribution in [0.1, 0.15) is 37.9 Å². The van der Waals surface area contributed by atoms with Gasteiger partial charge in [-0.3, -0.25) is 24.7 Å². The molecule has 2 aromatic rings. The molecule has 1 aromatic carbocycles. The van der Waals surface area contributed by atoms with Gasteiger partial charge in [-0.1, -0.05) is 0 Å². The number of nitro groups is 1. The van der Waals surface area contributed by atoms with Gasteiger partial charge in [-0.15, -0.1) is 0 Å². The Morgan fingerprint density at radius 3 is 2.73 bits per heavy atom. The molecule has 3 heterocycles. The molecule has 2 aliphatic heterocycles. The topological polar surface area (TPSA) is 121 Å². The Hall–Kier alpha value is -3.43. The van der Waals surface area contributed by atoms with E-state index in [1.807, 2.05) is 19.1 Å². The van der Waals surface area contributed by atoms with E-state index in [4.69, 9.17) is 4.42 Å². The first-order valence-corrected chi connectivity index (χ1v) is 11.4. The number of nitrogens with zero attached hydrogens (tertiary/aromatic N) is 4. The predicted octanol–water partition coefficient (Wildman–Crippen LogP) is 2.83. The Morgan fingerprint density at radius 2 is 1.97 bits per heavy atom. The monoisotopic (exact) mass is 455 g/mol. The van der Waals surface area contributed by atoms with Crippen molar-refractivity contribution in [1.82, 2.24) is 9.80 Å². The van der Waals surface area contributed by atoms with Crippen molar-refractivity contribution in [1.29, 1.82) is 0 Å². The van der Waals surface area contributed by atoms with Gasteiger partial charge in [0, 0.05) is 35.6 Å². The number of hydrogen-bond donors (Lipinski definition) is 1. The maximum atomic E-state index is 13.2. The fourth-order valence-electron chi connectivity index (χ4n) is 4.43. The van der Waals surface area contributed by atoms with Gasteiger partial charge in [0.25, 0.3) is 6.54 Å². The summed E-state index contributed by atoms with van der Waals surface area (Å²) in [4.78, 5) is 44.4. The van der Waals surface area contributed by atoms with E-state index in [0.717, 1.165) is 55.5 Å². The van der Waals surface area contributed by atoms with Crippen molar-refractivity contribution in [3.8, 4) is 0 Å². The highest BCUT2D eigenvalue weighted by molar-refractivity contribution is 5.99. The molecule has 2 fully saturated rings. The fraction of sp³-hybridized carbons (Fsp3) is 0.522. The molecule has 10 nitrogen and oxygen atoms in total. The number of likely N-dealkylation sites (tertiary alicyclic amines) is 2. The zero-order chi connectivity index (χ0) is 23.4. The van der Waals surface area contributed by atoms with Crippen LogP contribution in [-0.4, -0.2) is 71.1 Å². The lowest BCUT2D eigenvalue weighted by molar-refractivity contribution is -0.463. The molecule has 33 heavy (non-hydrogen) atoms. The van der Waals surface area contributed by atoms with E-state index in [2.05, 4.69) is 10.3 Å². The van der Waals surface area contributed by atoms with Gasteiger partial charge in [-0.05, 0) is 63.3 Å². The molecule has 0 radical (unpaired) electrons. The van der Waals surface area contributed by atoms with E-state index < -0.39 is 17.5 Å². The van der Waals surface area contributed by atoms with Crippen molar-refractivity contribution in [2.24, 2.45) is 4.99 Å². The van der Waals surface area contributed by atoms with Crippen molar-refractivity contribution in [2.45, 2.75) is 45.1 Å². The number of carbonyl (C=O) groups is 2. The largest absolute Gasteiger partial charge is 0.461 e. The van der Waals surface area contributed by atoms with Crippen molar-refractivity contribution in [2.75, 3.05) is 38.0 Å². The molecule has 0 aliphatic carbocycles. The highest BCUT2D eigenvalue weighted by Gasteiger charge is 2.30. The molecule has 10 heteroatoms. The zero-order valence-corrected chi connectivity index (χ0v) is 18.8. The second-order valence-corrected chi connectivity index (χ2v) is 8.66. The number of aliphatic imine (C=N–C) groups is 1. The van der Waals surface area contributed by atoms with Gasteiger partial charge in [-0.25, -0.2) is 0 Å². The van der Waals surface area contributed by atoms with Crippen molar-refractivity contribution < 1.29 is 18.9 Å². The van der Waals surface area contributed by atoms with Crippen molar-refractivity contribution in [3.05, 3.63) is 40.1 Å². The first-order valence-electron chi connectivity index (χ1n) is 11.4. The van der Waals surface area contributed by atoms with Gasteiger partial charge in [0.2, 0.25) is 11.8 Å². The number of hydrogen-bond acceptors (Lipinski definition) is 6. The third-order valence-corrected chi connectivity index (χ3v) is 6.06. The number of rotatable bonds is 6. The van der Waals surface area contributed by atoms with E-state index in [1.165, 1.54) is 0 Å². The minimum absolute atomic E-state index is 0.0410. The molecule has 0 bridgehead atoms. The normalized spacial score (nSPS) is 19.7. The molecule has 1 aromatic heterocycles. The molecule has 176 valence electrons. The molecule has 1 N–H and O–H groups in total. The van der Waals surface area contributed by atoms with Crippen LogP contribution in [0.4, 0.5) is 5.69 Å². The number of amides is 2. The summed E-state index contributed by atoms with van der Waals surface area (Å²) >= 11 is 0. The van der Waals surface area contributed by atoms with E-state index in [-0.39, 0.29) is 24.2 Å². The Labute approximate surface area is 191 Å². The van der Waals surface area contributed by atoms with Gasteiger partial charge >= 0.3 is 0 Å². The second kappa shape index (κ2) is 10.0. The van der Waals surface area contributed by atoms with Crippen LogP contribution in [0.3, 0.4) is 0 Å². The standard InChI is InChI=1S/C23H29N5O5/c1-16-12-17-13-18(7-8-20(17)33-16)24-21(14-28(31)32)25-19-6-2-3-11-27(23(19)30)15-22(29)26-9-4-5-10-26/h7-8,12-13,19H,2-6,9-11,14-15H2,1H3,(H,24,25)/t19-/m0/s1. The minimum atomic E-state index is -0.749. The molecule has 1 atom stereocenters. The molecule has 2 aliphatic rings. The SMILES string of the molecule is Cc1cc2cc(NC(C[N+](=O)[O-])=N[C@H]3CCCCN(CC(=O)N4CCCC4)C3=O)ccc2o1. The molecule has 0 saturated carbocycles. The number of carbonyl (C=O) groups excluding carboxylic acids is 2. The number of fused-ring (bicyclic) bond motifs is 1. The third kappa shape index (κ3) is 5.68. The van der Waals surface area contributed by atoms with Gasteiger partial charge in [0.1, 0.15) is 17.4 Å². The van der Waals surface area contributed by atoms with Gasteiger partial charge < -0.3 is 19.5 Å². The van der Waals surface area contributed by atoms with Gasteiger partial charge in [0.15, 0.2) is 5.84 Å². The third-order valence-electron chi connectivity index (χ3n) is 6.06. The molecule has 2 amide bonds. The van der Waals surface area contributed by atoms with Crippen LogP contribution >= 0.6 is 0 Å². The number of amidine groups is 1. The van der Waals surface area contributed by atoms with Crippen molar-refractivity contribution >= 4 is 34.3 Å². The van der Waals surface area contributed by atoms with E-state index >= 15 is 0 Å². The summed E-state index contributed by atoms with van der Waals surface area (Å²) in [5, 5.41) is 15.2. The van der Waals surface area contributed by atoms with Crippen LogP contribution < -0.4 is 5.32 Å². The predicted molar refractivity (Wildman–Crippen MR) is 124 cm³/mol. The van der Waals surface area contributed by atoms with Crippen LogP contribution in [0.2, 0.25) is 0 Å². The summed E-state index contributed by atoms with van der Waals surface area (Å²) in [5.74, 6) is 0.598. The van der Waals surface area contributed by atoms with Gasteiger partial charge in [0.05, 0.1) is 6.54 Å². The Balaban J connectivity index is 1.52. The van der Waals surface area contributed by atoms with E-state index in [1.54, 1.807) is 21.9 Å². The number of aryl methyl sites for hydroxylation is 1. The van der Waals surface area contributed by atoms with Crippen LogP contribution in [0.15, 0.2) is 33.7 Å². The first-order chi connectivity index (χ1) is 15.9. The molecule has 0 spiro atoms. The average molecular weight is 456 g/mol. The van der Waals surface area contributed by atoms with Crippen LogP contribution in [0.5, 0.6) is 0 Å². The summed E-state index contributed by atoms with van der Waals surface area (Å²) in [6.45, 7) is 3.33. The fourth-order valence-corrected chi connectivity index (χ4v) is 4.43. The van der Waals surface area contributed by atoms with Crippen LogP contribution in [0, 0.1) is 17.0 Å². The Kier molecular flexibility index (Phi) is 6.90. The molecule has 0 unspecified atom stereocenters. The lowest BCUT2D eigenvalue weighted by Crippen LogP contribution is -2.45. The highest BCUT2D eigenvalue weighted by Crippen LogP contribution is 2.23.